The lowest BCUT2D eigenvalue weighted by Crippen LogP contribution is -2.60. The van der Waals surface area contributed by atoms with Crippen LogP contribution in [0.3, 0.4) is 0 Å². The maximum atomic E-state index is 12.9. The van der Waals surface area contributed by atoms with Gasteiger partial charge in [-0.2, -0.15) is 0 Å². The number of carbonyl (C=O) groups excluding carboxylic acids is 2. The van der Waals surface area contributed by atoms with E-state index in [1.54, 1.807) is 0 Å². The van der Waals surface area contributed by atoms with E-state index in [1.807, 2.05) is 48.2 Å². The van der Waals surface area contributed by atoms with Crippen LogP contribution in [0.1, 0.15) is 54.4 Å². The van der Waals surface area contributed by atoms with E-state index < -0.39 is 0 Å². The van der Waals surface area contributed by atoms with Crippen LogP contribution in [0.5, 0.6) is 0 Å². The third-order valence-corrected chi connectivity index (χ3v) is 8.85. The average Bonchev–Trinajstić information content (AvgIpc) is 2.83. The van der Waals surface area contributed by atoms with Gasteiger partial charge >= 0.3 is 6.03 Å². The van der Waals surface area contributed by atoms with Crippen molar-refractivity contribution in [2.24, 2.45) is 17.8 Å². The molecule has 1 saturated heterocycles. The molecule has 1 aliphatic heterocycles. The van der Waals surface area contributed by atoms with Crippen molar-refractivity contribution in [2.45, 2.75) is 51.0 Å². The number of hydrogen-bond acceptors (Lipinski definition) is 3. The highest BCUT2D eigenvalue weighted by Gasteiger charge is 2.51. The average molecular weight is 473 g/mol. The number of nitrogens with one attached hydrogen (secondary N) is 2. The number of anilines is 2. The van der Waals surface area contributed by atoms with E-state index in [9.17, 15) is 9.59 Å². The van der Waals surface area contributed by atoms with Gasteiger partial charge in [0.25, 0.3) is 5.91 Å². The zero-order valence-corrected chi connectivity index (χ0v) is 20.6. The van der Waals surface area contributed by atoms with Crippen molar-refractivity contribution < 1.29 is 9.59 Å². The molecule has 0 atom stereocenters. The first-order valence-corrected chi connectivity index (χ1v) is 13.3. The Morgan fingerprint density at radius 3 is 2.03 bits per heavy atom. The molecule has 2 aromatic rings. The molecule has 0 radical (unpaired) electrons. The van der Waals surface area contributed by atoms with Gasteiger partial charge in [0.15, 0.2) is 0 Å². The number of urea groups is 1. The SMILES string of the molecule is Cc1ccccc1C(=O)N1CCN(c2ccc(NC(=O)NC34CC5CC(CC(C5)C3)C4)cc2)CC1. The summed E-state index contributed by atoms with van der Waals surface area (Å²) in [5, 5.41) is 6.46. The first kappa shape index (κ1) is 22.4. The van der Waals surface area contributed by atoms with Gasteiger partial charge in [-0.25, -0.2) is 4.79 Å². The summed E-state index contributed by atoms with van der Waals surface area (Å²) in [7, 11) is 0. The van der Waals surface area contributed by atoms with Crippen LogP contribution in [0.4, 0.5) is 16.2 Å². The molecule has 4 saturated carbocycles. The summed E-state index contributed by atoms with van der Waals surface area (Å²) in [6.07, 6.45) is 7.59. The highest BCUT2D eigenvalue weighted by atomic mass is 16.2. The van der Waals surface area contributed by atoms with Gasteiger partial charge in [-0.3, -0.25) is 4.79 Å². The molecular formula is C29H36N4O2. The Morgan fingerprint density at radius 2 is 1.43 bits per heavy atom. The Morgan fingerprint density at radius 1 is 0.829 bits per heavy atom. The fourth-order valence-corrected chi connectivity index (χ4v) is 7.57. The summed E-state index contributed by atoms with van der Waals surface area (Å²) in [4.78, 5) is 30.0. The van der Waals surface area contributed by atoms with Crippen molar-refractivity contribution in [2.75, 3.05) is 36.4 Å². The lowest BCUT2D eigenvalue weighted by atomic mass is 9.53. The highest BCUT2D eigenvalue weighted by Crippen LogP contribution is 2.55. The zero-order chi connectivity index (χ0) is 24.0. The van der Waals surface area contributed by atoms with Crippen LogP contribution in [-0.4, -0.2) is 48.6 Å². The van der Waals surface area contributed by atoms with Crippen molar-refractivity contribution in [3.8, 4) is 0 Å². The first-order chi connectivity index (χ1) is 17.0. The van der Waals surface area contributed by atoms with Gasteiger partial charge in [-0.05, 0) is 99.1 Å². The van der Waals surface area contributed by atoms with E-state index in [4.69, 9.17) is 0 Å². The standard InChI is InChI=1S/C29H36N4O2/c1-20-4-2-3-5-26(20)27(34)33-12-10-32(11-13-33)25-8-6-24(7-9-25)30-28(35)31-29-17-21-14-22(18-29)16-23(15-21)19-29/h2-9,21-23H,10-19H2,1H3,(H2,30,31,35). The van der Waals surface area contributed by atoms with Crippen LogP contribution < -0.4 is 15.5 Å². The van der Waals surface area contributed by atoms with E-state index >= 15 is 0 Å². The molecule has 0 unspecified atom stereocenters. The third-order valence-electron chi connectivity index (χ3n) is 8.85. The monoisotopic (exact) mass is 472 g/mol. The van der Waals surface area contributed by atoms with E-state index in [2.05, 4.69) is 27.7 Å². The summed E-state index contributed by atoms with van der Waals surface area (Å²) >= 11 is 0. The van der Waals surface area contributed by atoms with Crippen LogP contribution in [-0.2, 0) is 0 Å². The second-order valence-electron chi connectivity index (χ2n) is 11.4. The van der Waals surface area contributed by atoms with E-state index in [0.717, 1.165) is 72.6 Å². The minimum atomic E-state index is -0.0666. The predicted octanol–water partition coefficient (Wildman–Crippen LogP) is 5.05. The zero-order valence-electron chi connectivity index (χ0n) is 20.6. The van der Waals surface area contributed by atoms with Crippen LogP contribution >= 0.6 is 0 Å². The van der Waals surface area contributed by atoms with E-state index in [0.29, 0.717) is 13.1 Å². The molecule has 5 fully saturated rings. The number of piperazine rings is 1. The fourth-order valence-electron chi connectivity index (χ4n) is 7.57. The number of rotatable bonds is 4. The molecule has 6 nitrogen and oxygen atoms in total. The topological polar surface area (TPSA) is 64.7 Å². The molecule has 3 amide bonds. The van der Waals surface area contributed by atoms with Crippen molar-refractivity contribution in [1.82, 2.24) is 10.2 Å². The molecule has 5 aliphatic rings. The van der Waals surface area contributed by atoms with Crippen molar-refractivity contribution in [3.05, 3.63) is 59.7 Å². The van der Waals surface area contributed by atoms with Crippen LogP contribution in [0.15, 0.2) is 48.5 Å². The van der Waals surface area contributed by atoms with Crippen LogP contribution in [0.25, 0.3) is 0 Å². The second kappa shape index (κ2) is 8.89. The van der Waals surface area contributed by atoms with Gasteiger partial charge in [0.05, 0.1) is 0 Å². The van der Waals surface area contributed by atoms with E-state index in [-0.39, 0.29) is 17.5 Å². The Labute approximate surface area is 208 Å². The minimum absolute atomic E-state index is 0.0220. The van der Waals surface area contributed by atoms with Crippen LogP contribution in [0.2, 0.25) is 0 Å². The minimum Gasteiger partial charge on any atom is -0.368 e. The first-order valence-electron chi connectivity index (χ1n) is 13.3. The summed E-state index contributed by atoms with van der Waals surface area (Å²) in [5.74, 6) is 2.56. The molecule has 2 aromatic carbocycles. The largest absolute Gasteiger partial charge is 0.368 e. The summed E-state index contributed by atoms with van der Waals surface area (Å²) in [6.45, 7) is 5.01. The molecule has 1 heterocycles. The summed E-state index contributed by atoms with van der Waals surface area (Å²) in [5.41, 5.74) is 3.79. The predicted molar refractivity (Wildman–Crippen MR) is 139 cm³/mol. The van der Waals surface area contributed by atoms with Gasteiger partial charge in [-0.15, -0.1) is 0 Å². The molecule has 7 rings (SSSR count). The highest BCUT2D eigenvalue weighted by molar-refractivity contribution is 5.95. The molecule has 184 valence electrons. The number of hydrogen-bond donors (Lipinski definition) is 2. The molecule has 35 heavy (non-hydrogen) atoms. The van der Waals surface area contributed by atoms with Crippen molar-refractivity contribution in [3.63, 3.8) is 0 Å². The number of carbonyl (C=O) groups is 2. The number of nitrogens with zero attached hydrogens (tertiary/aromatic N) is 2. The quantitative estimate of drug-likeness (QED) is 0.655. The Hall–Kier alpha value is -3.02. The molecule has 4 bridgehead atoms. The number of amides is 3. The van der Waals surface area contributed by atoms with Crippen molar-refractivity contribution in [1.29, 1.82) is 0 Å². The fraction of sp³-hybridized carbons (Fsp3) is 0.517. The normalized spacial score (nSPS) is 29.2. The maximum Gasteiger partial charge on any atom is 0.319 e. The Kier molecular flexibility index (Phi) is 5.70. The molecule has 0 aromatic heterocycles. The van der Waals surface area contributed by atoms with Gasteiger partial charge in [0.2, 0.25) is 0 Å². The smallest absolute Gasteiger partial charge is 0.319 e. The molecule has 2 N–H and O–H groups in total. The molecule has 6 heteroatoms. The van der Waals surface area contributed by atoms with Gasteiger partial charge in [-0.1, -0.05) is 18.2 Å². The Balaban J connectivity index is 1.02. The molecule has 4 aliphatic carbocycles. The third kappa shape index (κ3) is 4.51. The molecular weight excluding hydrogens is 436 g/mol. The summed E-state index contributed by atoms with van der Waals surface area (Å²) < 4.78 is 0. The van der Waals surface area contributed by atoms with Gasteiger partial charge in [0, 0.05) is 48.7 Å². The number of benzene rings is 2. The van der Waals surface area contributed by atoms with E-state index in [1.165, 1.54) is 19.3 Å². The Bertz CT molecular complexity index is 1070. The number of aryl methyl sites for hydroxylation is 1. The second-order valence-corrected chi connectivity index (χ2v) is 11.4. The maximum absolute atomic E-state index is 12.9. The lowest BCUT2D eigenvalue weighted by Gasteiger charge is -2.56. The van der Waals surface area contributed by atoms with Gasteiger partial charge < -0.3 is 20.4 Å². The van der Waals surface area contributed by atoms with Gasteiger partial charge in [0.1, 0.15) is 0 Å². The molecule has 0 spiro atoms. The lowest BCUT2D eigenvalue weighted by molar-refractivity contribution is -0.0127. The van der Waals surface area contributed by atoms with Crippen LogP contribution in [0, 0.1) is 24.7 Å². The summed E-state index contributed by atoms with van der Waals surface area (Å²) in [6, 6.07) is 15.8. The van der Waals surface area contributed by atoms with Crippen molar-refractivity contribution >= 4 is 23.3 Å².